The maximum Gasteiger partial charge on any atom is 0.238 e. The van der Waals surface area contributed by atoms with E-state index in [0.717, 1.165) is 0 Å². The summed E-state index contributed by atoms with van der Waals surface area (Å²) in [6.07, 6.45) is 1.56. The van der Waals surface area contributed by atoms with E-state index in [2.05, 4.69) is 10.1 Å². The predicted molar refractivity (Wildman–Crippen MR) is 59.8 cm³/mol. The van der Waals surface area contributed by atoms with Gasteiger partial charge in [-0.05, 0) is 12.1 Å². The smallest absolute Gasteiger partial charge is 0.238 e. The summed E-state index contributed by atoms with van der Waals surface area (Å²) in [5.74, 6) is 2.18. The fraction of sp³-hybridized carbons (Fsp3) is 0.400. The molecule has 0 radical (unpaired) electrons. The van der Waals surface area contributed by atoms with Crippen molar-refractivity contribution >= 4 is 11.8 Å². The Labute approximate surface area is 96.8 Å². The van der Waals surface area contributed by atoms with Crippen LogP contribution in [0, 0.1) is 0 Å². The van der Waals surface area contributed by atoms with Crippen molar-refractivity contribution in [2.75, 3.05) is 6.61 Å². The van der Waals surface area contributed by atoms with Gasteiger partial charge in [0.25, 0.3) is 0 Å². The number of thioether (sulfide) groups is 1. The molecule has 16 heavy (non-hydrogen) atoms. The lowest BCUT2D eigenvalue weighted by molar-refractivity contribution is 0.300. The van der Waals surface area contributed by atoms with Crippen molar-refractivity contribution in [1.29, 1.82) is 0 Å². The van der Waals surface area contributed by atoms with Crippen molar-refractivity contribution in [2.24, 2.45) is 0 Å². The predicted octanol–water partition coefficient (Wildman–Crippen LogP) is 1.94. The maximum atomic E-state index is 8.87. The SMILES string of the molecule is CC(CO)SCc1nc(-c2ccco2)no1. The Morgan fingerprint density at radius 1 is 1.56 bits per heavy atom. The number of hydrogen-bond acceptors (Lipinski definition) is 6. The standard InChI is InChI=1S/C10H12N2O3S/c1-7(5-13)16-6-9-11-10(12-15-9)8-3-2-4-14-8/h2-4,7,13H,5-6H2,1H3. The summed E-state index contributed by atoms with van der Waals surface area (Å²) in [6, 6.07) is 3.55. The van der Waals surface area contributed by atoms with Crippen LogP contribution in [0.3, 0.4) is 0 Å². The molecule has 0 amide bonds. The van der Waals surface area contributed by atoms with E-state index in [4.69, 9.17) is 14.0 Å². The lowest BCUT2D eigenvalue weighted by atomic mass is 10.4. The van der Waals surface area contributed by atoms with Crippen LogP contribution in [-0.4, -0.2) is 27.1 Å². The zero-order chi connectivity index (χ0) is 11.4. The first-order valence-electron chi connectivity index (χ1n) is 4.88. The molecule has 2 aromatic rings. The van der Waals surface area contributed by atoms with Crippen molar-refractivity contribution in [3.63, 3.8) is 0 Å². The van der Waals surface area contributed by atoms with E-state index in [1.807, 2.05) is 6.92 Å². The molecule has 2 aromatic heterocycles. The molecule has 0 spiro atoms. The minimum absolute atomic E-state index is 0.143. The number of furan rings is 1. The summed E-state index contributed by atoms with van der Waals surface area (Å²) >= 11 is 1.56. The number of hydrogen-bond donors (Lipinski definition) is 1. The van der Waals surface area contributed by atoms with Gasteiger partial charge in [0.05, 0.1) is 18.6 Å². The Kier molecular flexibility index (Phi) is 3.63. The first-order chi connectivity index (χ1) is 7.79. The summed E-state index contributed by atoms with van der Waals surface area (Å²) < 4.78 is 10.2. The molecule has 86 valence electrons. The van der Waals surface area contributed by atoms with Gasteiger partial charge < -0.3 is 14.0 Å². The lowest BCUT2D eigenvalue weighted by Crippen LogP contribution is -2.02. The van der Waals surface area contributed by atoms with Gasteiger partial charge in [-0.2, -0.15) is 4.98 Å². The summed E-state index contributed by atoms with van der Waals surface area (Å²) in [7, 11) is 0. The van der Waals surface area contributed by atoms with Crippen molar-refractivity contribution < 1.29 is 14.0 Å². The Hall–Kier alpha value is -1.27. The molecular weight excluding hydrogens is 228 g/mol. The molecule has 0 aliphatic heterocycles. The molecular formula is C10H12N2O3S. The van der Waals surface area contributed by atoms with Crippen LogP contribution in [0.15, 0.2) is 27.3 Å². The fourth-order valence-electron chi connectivity index (χ4n) is 1.09. The summed E-state index contributed by atoms with van der Waals surface area (Å²) in [5, 5.41) is 12.8. The second-order valence-electron chi connectivity index (χ2n) is 3.29. The average molecular weight is 240 g/mol. The molecule has 1 atom stereocenters. The summed E-state index contributed by atoms with van der Waals surface area (Å²) in [5.41, 5.74) is 0. The number of aliphatic hydroxyl groups excluding tert-OH is 1. The largest absolute Gasteiger partial charge is 0.461 e. The third kappa shape index (κ3) is 2.65. The van der Waals surface area contributed by atoms with Crippen molar-refractivity contribution in [3.8, 4) is 11.6 Å². The number of nitrogens with zero attached hydrogens (tertiary/aromatic N) is 2. The van der Waals surface area contributed by atoms with Crippen LogP contribution in [0.5, 0.6) is 0 Å². The Morgan fingerprint density at radius 3 is 3.12 bits per heavy atom. The fourth-order valence-corrected chi connectivity index (χ4v) is 1.74. The van der Waals surface area contributed by atoms with Crippen LogP contribution in [0.1, 0.15) is 12.8 Å². The highest BCUT2D eigenvalue weighted by atomic mass is 32.2. The zero-order valence-electron chi connectivity index (χ0n) is 8.79. The first kappa shape index (κ1) is 11.2. The zero-order valence-corrected chi connectivity index (χ0v) is 9.61. The maximum absolute atomic E-state index is 8.87. The van der Waals surface area contributed by atoms with E-state index < -0.39 is 0 Å². The van der Waals surface area contributed by atoms with E-state index in [1.165, 1.54) is 0 Å². The summed E-state index contributed by atoms with van der Waals surface area (Å²) in [4.78, 5) is 4.18. The minimum Gasteiger partial charge on any atom is -0.461 e. The Bertz CT molecular complexity index is 427. The normalized spacial score (nSPS) is 12.9. The molecule has 0 fully saturated rings. The van der Waals surface area contributed by atoms with E-state index in [-0.39, 0.29) is 11.9 Å². The highest BCUT2D eigenvalue weighted by Crippen LogP contribution is 2.20. The Morgan fingerprint density at radius 2 is 2.44 bits per heavy atom. The van der Waals surface area contributed by atoms with Gasteiger partial charge in [0.2, 0.25) is 11.7 Å². The molecule has 1 unspecified atom stereocenters. The van der Waals surface area contributed by atoms with Gasteiger partial charge in [-0.1, -0.05) is 12.1 Å². The van der Waals surface area contributed by atoms with Gasteiger partial charge in [-0.3, -0.25) is 0 Å². The molecule has 2 rings (SSSR count). The van der Waals surface area contributed by atoms with Gasteiger partial charge in [0.1, 0.15) is 0 Å². The molecule has 0 aliphatic rings. The molecule has 1 N–H and O–H groups in total. The molecule has 0 saturated carbocycles. The number of aliphatic hydroxyl groups is 1. The van der Waals surface area contributed by atoms with Gasteiger partial charge in [-0.25, -0.2) is 0 Å². The second-order valence-corrected chi connectivity index (χ2v) is 4.72. The van der Waals surface area contributed by atoms with E-state index >= 15 is 0 Å². The van der Waals surface area contributed by atoms with Crippen molar-refractivity contribution in [2.45, 2.75) is 17.9 Å². The summed E-state index contributed by atoms with van der Waals surface area (Å²) in [6.45, 7) is 2.08. The Balaban J connectivity index is 1.98. The van der Waals surface area contributed by atoms with Crippen LogP contribution in [0.4, 0.5) is 0 Å². The number of rotatable bonds is 5. The van der Waals surface area contributed by atoms with Gasteiger partial charge in [0.15, 0.2) is 5.76 Å². The molecule has 5 nitrogen and oxygen atoms in total. The van der Waals surface area contributed by atoms with Gasteiger partial charge in [0, 0.05) is 5.25 Å². The molecule has 0 saturated heterocycles. The molecule has 0 bridgehead atoms. The van der Waals surface area contributed by atoms with Crippen LogP contribution in [0.2, 0.25) is 0 Å². The molecule has 2 heterocycles. The van der Waals surface area contributed by atoms with Gasteiger partial charge >= 0.3 is 0 Å². The van der Waals surface area contributed by atoms with Crippen LogP contribution in [-0.2, 0) is 5.75 Å². The minimum atomic E-state index is 0.143. The van der Waals surface area contributed by atoms with Gasteiger partial charge in [-0.15, -0.1) is 11.8 Å². The van der Waals surface area contributed by atoms with Crippen LogP contribution >= 0.6 is 11.8 Å². The topological polar surface area (TPSA) is 72.3 Å². The van der Waals surface area contributed by atoms with Crippen molar-refractivity contribution in [3.05, 3.63) is 24.3 Å². The highest BCUT2D eigenvalue weighted by molar-refractivity contribution is 7.99. The first-order valence-corrected chi connectivity index (χ1v) is 5.93. The molecule has 0 aliphatic carbocycles. The lowest BCUT2D eigenvalue weighted by Gasteiger charge is -2.03. The van der Waals surface area contributed by atoms with E-state index in [9.17, 15) is 0 Å². The molecule has 0 aromatic carbocycles. The highest BCUT2D eigenvalue weighted by Gasteiger charge is 2.11. The third-order valence-electron chi connectivity index (χ3n) is 1.96. The van der Waals surface area contributed by atoms with E-state index in [0.29, 0.717) is 23.2 Å². The molecule has 6 heteroatoms. The monoisotopic (exact) mass is 240 g/mol. The number of aromatic nitrogens is 2. The van der Waals surface area contributed by atoms with Crippen LogP contribution < -0.4 is 0 Å². The third-order valence-corrected chi connectivity index (χ3v) is 3.09. The van der Waals surface area contributed by atoms with E-state index in [1.54, 1.807) is 30.2 Å². The van der Waals surface area contributed by atoms with Crippen LogP contribution in [0.25, 0.3) is 11.6 Å². The average Bonchev–Trinajstić information content (AvgIpc) is 2.95. The second kappa shape index (κ2) is 5.18. The quantitative estimate of drug-likeness (QED) is 0.861. The van der Waals surface area contributed by atoms with Crippen molar-refractivity contribution in [1.82, 2.24) is 10.1 Å².